The number of ether oxygens (including phenoxy) is 1. The summed E-state index contributed by atoms with van der Waals surface area (Å²) in [4.78, 5) is 20.1. The number of hydrogen-bond acceptors (Lipinski definition) is 4. The molecule has 3 aliphatic heterocycles. The van der Waals surface area contributed by atoms with Crippen LogP contribution in [0.15, 0.2) is 83.5 Å². The van der Waals surface area contributed by atoms with Gasteiger partial charge in [0.2, 0.25) is 0 Å². The lowest BCUT2D eigenvalue weighted by Gasteiger charge is -2.27. The summed E-state index contributed by atoms with van der Waals surface area (Å²) in [6, 6.07) is 9.73. The Bertz CT molecular complexity index is 775. The van der Waals surface area contributed by atoms with Gasteiger partial charge in [-0.3, -0.25) is 4.90 Å². The third-order valence-corrected chi connectivity index (χ3v) is 3.87. The van der Waals surface area contributed by atoms with Crippen molar-refractivity contribution in [2.24, 2.45) is 4.99 Å². The van der Waals surface area contributed by atoms with Crippen molar-refractivity contribution in [1.29, 1.82) is 0 Å². The Balaban J connectivity index is 1.45. The predicted molar refractivity (Wildman–Crippen MR) is 87.0 cm³/mol. The minimum absolute atomic E-state index is 0.0943. The zero-order valence-electron chi connectivity index (χ0n) is 12.4. The van der Waals surface area contributed by atoms with Gasteiger partial charge in [0.15, 0.2) is 0 Å². The SMILES string of the molecule is O=C(OCc1ccccc1)N1C=CC2C(=C1)C=C1N=CC=CN12. The lowest BCUT2D eigenvalue weighted by Crippen LogP contribution is -2.31. The van der Waals surface area contributed by atoms with Crippen LogP contribution in [0, 0.1) is 0 Å². The molecule has 1 amide bonds. The zero-order chi connectivity index (χ0) is 15.6. The van der Waals surface area contributed by atoms with Crippen LogP contribution in [0.5, 0.6) is 0 Å². The molecule has 5 nitrogen and oxygen atoms in total. The molecule has 0 spiro atoms. The van der Waals surface area contributed by atoms with Crippen LogP contribution >= 0.6 is 0 Å². The Morgan fingerprint density at radius 3 is 2.96 bits per heavy atom. The highest BCUT2D eigenvalue weighted by molar-refractivity contribution is 5.75. The van der Waals surface area contributed by atoms with Crippen molar-refractivity contribution in [3.63, 3.8) is 0 Å². The fourth-order valence-corrected chi connectivity index (χ4v) is 2.74. The maximum absolute atomic E-state index is 12.2. The van der Waals surface area contributed by atoms with Crippen LogP contribution in [0.1, 0.15) is 5.56 Å². The second kappa shape index (κ2) is 5.61. The van der Waals surface area contributed by atoms with Crippen molar-refractivity contribution >= 4 is 12.3 Å². The van der Waals surface area contributed by atoms with Gasteiger partial charge < -0.3 is 9.64 Å². The molecule has 0 bridgehead atoms. The number of hydrogen-bond donors (Lipinski definition) is 0. The number of aliphatic imine (C=N–C) groups is 1. The highest BCUT2D eigenvalue weighted by atomic mass is 16.6. The minimum Gasteiger partial charge on any atom is -0.444 e. The number of nitrogens with zero attached hydrogens (tertiary/aromatic N) is 3. The molecule has 5 heteroatoms. The molecule has 0 radical (unpaired) electrons. The van der Waals surface area contributed by atoms with Gasteiger partial charge in [0.05, 0.1) is 6.04 Å². The molecule has 1 unspecified atom stereocenters. The standard InChI is InChI=1S/C18H15N3O2/c22-18(23-13-14-5-2-1-3-6-14)20-10-7-16-15(12-20)11-17-19-8-4-9-21(16)17/h1-12,16H,13H2. The number of fused-ring (bicyclic) bond motifs is 3. The van der Waals surface area contributed by atoms with Crippen molar-refractivity contribution in [2.45, 2.75) is 12.6 Å². The normalized spacial score (nSPS) is 20.8. The van der Waals surface area contributed by atoms with E-state index in [1.54, 1.807) is 18.6 Å². The molecule has 0 aliphatic carbocycles. The monoisotopic (exact) mass is 305 g/mol. The molecule has 0 fully saturated rings. The van der Waals surface area contributed by atoms with Crippen LogP contribution in [0.4, 0.5) is 4.79 Å². The Morgan fingerprint density at radius 2 is 2.09 bits per heavy atom. The van der Waals surface area contributed by atoms with Gasteiger partial charge in [-0.25, -0.2) is 9.79 Å². The molecule has 4 rings (SSSR count). The van der Waals surface area contributed by atoms with Gasteiger partial charge in [0.25, 0.3) is 0 Å². The third kappa shape index (κ3) is 2.57. The molecule has 114 valence electrons. The molecule has 0 aromatic heterocycles. The molecule has 1 aromatic rings. The van der Waals surface area contributed by atoms with Gasteiger partial charge in [0, 0.05) is 24.8 Å². The summed E-state index contributed by atoms with van der Waals surface area (Å²) in [5, 5.41) is 0. The van der Waals surface area contributed by atoms with Crippen molar-refractivity contribution in [3.05, 3.63) is 84.1 Å². The van der Waals surface area contributed by atoms with E-state index in [2.05, 4.69) is 9.89 Å². The molecule has 0 saturated carbocycles. The Morgan fingerprint density at radius 1 is 1.22 bits per heavy atom. The summed E-state index contributed by atoms with van der Waals surface area (Å²) in [5.41, 5.74) is 1.98. The van der Waals surface area contributed by atoms with Gasteiger partial charge in [-0.05, 0) is 29.4 Å². The molecule has 23 heavy (non-hydrogen) atoms. The van der Waals surface area contributed by atoms with Crippen LogP contribution < -0.4 is 0 Å². The van der Waals surface area contributed by atoms with E-state index in [0.29, 0.717) is 0 Å². The first kappa shape index (κ1) is 13.6. The van der Waals surface area contributed by atoms with Crippen LogP contribution in [-0.4, -0.2) is 28.1 Å². The van der Waals surface area contributed by atoms with E-state index < -0.39 is 6.09 Å². The number of benzene rings is 1. The van der Waals surface area contributed by atoms with E-state index in [0.717, 1.165) is 17.0 Å². The maximum atomic E-state index is 12.2. The number of allylic oxidation sites excluding steroid dienone is 1. The zero-order valence-corrected chi connectivity index (χ0v) is 12.4. The molecule has 0 N–H and O–H groups in total. The van der Waals surface area contributed by atoms with Crippen LogP contribution in [0.3, 0.4) is 0 Å². The van der Waals surface area contributed by atoms with E-state index in [1.807, 2.05) is 54.8 Å². The lowest BCUT2D eigenvalue weighted by atomic mass is 10.1. The molecule has 0 saturated heterocycles. The largest absolute Gasteiger partial charge is 0.444 e. The summed E-state index contributed by atoms with van der Waals surface area (Å²) in [6.45, 7) is 0.261. The second-order valence-electron chi connectivity index (χ2n) is 5.39. The fraction of sp³-hybridized carbons (Fsp3) is 0.111. The fourth-order valence-electron chi connectivity index (χ4n) is 2.74. The van der Waals surface area contributed by atoms with E-state index in [-0.39, 0.29) is 12.6 Å². The average molecular weight is 305 g/mol. The van der Waals surface area contributed by atoms with Gasteiger partial charge in [0.1, 0.15) is 12.4 Å². The van der Waals surface area contributed by atoms with Crippen LogP contribution in [0.25, 0.3) is 0 Å². The van der Waals surface area contributed by atoms with Gasteiger partial charge in [-0.15, -0.1) is 0 Å². The van der Waals surface area contributed by atoms with Gasteiger partial charge >= 0.3 is 6.09 Å². The first-order valence-electron chi connectivity index (χ1n) is 7.41. The maximum Gasteiger partial charge on any atom is 0.418 e. The van der Waals surface area contributed by atoms with Crippen LogP contribution in [-0.2, 0) is 11.3 Å². The first-order valence-corrected chi connectivity index (χ1v) is 7.41. The minimum atomic E-state index is -0.390. The molecule has 3 heterocycles. The van der Waals surface area contributed by atoms with E-state index in [9.17, 15) is 4.79 Å². The molecule has 1 aromatic carbocycles. The van der Waals surface area contributed by atoms with Crippen molar-refractivity contribution in [2.75, 3.05) is 0 Å². The van der Waals surface area contributed by atoms with E-state index in [4.69, 9.17) is 4.74 Å². The van der Waals surface area contributed by atoms with Crippen molar-refractivity contribution in [3.8, 4) is 0 Å². The molecule has 1 atom stereocenters. The highest BCUT2D eigenvalue weighted by Gasteiger charge is 2.31. The summed E-state index contributed by atoms with van der Waals surface area (Å²) in [5.74, 6) is 0.882. The van der Waals surface area contributed by atoms with E-state index in [1.165, 1.54) is 4.90 Å². The van der Waals surface area contributed by atoms with E-state index >= 15 is 0 Å². The topological polar surface area (TPSA) is 45.1 Å². The predicted octanol–water partition coefficient (Wildman–Crippen LogP) is 3.16. The number of carbonyl (C=O) groups is 1. The molecular formula is C18H15N3O2. The Labute approximate surface area is 134 Å². The summed E-state index contributed by atoms with van der Waals surface area (Å²) < 4.78 is 5.35. The van der Waals surface area contributed by atoms with Crippen molar-refractivity contribution < 1.29 is 9.53 Å². The summed E-state index contributed by atoms with van der Waals surface area (Å²) >= 11 is 0. The number of amides is 1. The Kier molecular flexibility index (Phi) is 3.31. The quantitative estimate of drug-likeness (QED) is 0.843. The third-order valence-electron chi connectivity index (χ3n) is 3.87. The smallest absolute Gasteiger partial charge is 0.418 e. The van der Waals surface area contributed by atoms with Gasteiger partial charge in [-0.1, -0.05) is 30.3 Å². The number of carbonyl (C=O) groups excluding carboxylic acids is 1. The second-order valence-corrected chi connectivity index (χ2v) is 5.39. The average Bonchev–Trinajstić information content (AvgIpc) is 2.98. The molecule has 3 aliphatic rings. The first-order chi connectivity index (χ1) is 11.3. The number of rotatable bonds is 2. The highest BCUT2D eigenvalue weighted by Crippen LogP contribution is 2.32. The van der Waals surface area contributed by atoms with Gasteiger partial charge in [-0.2, -0.15) is 0 Å². The molecular weight excluding hydrogens is 290 g/mol. The lowest BCUT2D eigenvalue weighted by molar-refractivity contribution is 0.120. The summed E-state index contributed by atoms with van der Waals surface area (Å²) in [6.07, 6.45) is 12.7. The van der Waals surface area contributed by atoms with Crippen LogP contribution in [0.2, 0.25) is 0 Å². The van der Waals surface area contributed by atoms with Crippen molar-refractivity contribution in [1.82, 2.24) is 9.80 Å². The summed E-state index contributed by atoms with van der Waals surface area (Å²) in [7, 11) is 0. The Hall–Kier alpha value is -3.08.